The molecular weight excluding hydrogens is 336 g/mol. The summed E-state index contributed by atoms with van der Waals surface area (Å²) in [6, 6.07) is 4.21. The molecule has 0 spiro atoms. The largest absolute Gasteiger partial charge is 0.421 e. The molecule has 0 radical (unpaired) electrons. The lowest BCUT2D eigenvalue weighted by Gasteiger charge is -2.46. The molecule has 0 saturated carbocycles. The maximum atomic E-state index is 13.6. The third-order valence-electron chi connectivity index (χ3n) is 4.69. The number of likely N-dealkylation sites (tertiary alicyclic amines) is 1. The normalized spacial score (nSPS) is 25.4. The van der Waals surface area contributed by atoms with Gasteiger partial charge in [-0.15, -0.1) is 0 Å². The van der Waals surface area contributed by atoms with E-state index in [9.17, 15) is 31.1 Å². The van der Waals surface area contributed by atoms with Crippen LogP contribution in [-0.4, -0.2) is 34.7 Å². The van der Waals surface area contributed by atoms with E-state index in [-0.39, 0.29) is 16.9 Å². The Bertz CT molecular complexity index is 674. The van der Waals surface area contributed by atoms with Crippen LogP contribution in [0, 0.1) is 12.8 Å². The number of alkyl halides is 6. The second kappa shape index (κ2) is 5.00. The average molecular weight is 349 g/mol. The first-order valence-electron chi connectivity index (χ1n) is 7.22. The Balaban J connectivity index is 2.15. The number of hydrogen-bond donors (Lipinski definition) is 0. The predicted octanol–water partition coefficient (Wildman–Crippen LogP) is 4.26. The van der Waals surface area contributed by atoms with Gasteiger partial charge >= 0.3 is 12.4 Å². The summed E-state index contributed by atoms with van der Waals surface area (Å²) < 4.78 is 81.7. The molecule has 0 aromatic heterocycles. The molecule has 0 unspecified atom stereocenters. The van der Waals surface area contributed by atoms with Gasteiger partial charge in [-0.3, -0.25) is 4.79 Å². The Kier molecular flexibility index (Phi) is 3.51. The second-order valence-corrected chi connectivity index (χ2v) is 6.10. The molecule has 2 bridgehead atoms. The Morgan fingerprint density at radius 3 is 2.08 bits per heavy atom. The van der Waals surface area contributed by atoms with E-state index in [4.69, 9.17) is 0 Å². The van der Waals surface area contributed by atoms with Crippen molar-refractivity contribution in [3.05, 3.63) is 47.5 Å². The van der Waals surface area contributed by atoms with Crippen molar-refractivity contribution in [2.45, 2.75) is 37.3 Å². The molecule has 1 amide bonds. The number of carbonyl (C=O) groups excluding carboxylic acids is 1. The zero-order valence-corrected chi connectivity index (χ0v) is 12.4. The Hall–Kier alpha value is -1.99. The Morgan fingerprint density at radius 2 is 1.58 bits per heavy atom. The summed E-state index contributed by atoms with van der Waals surface area (Å²) >= 11 is 0. The Morgan fingerprint density at radius 1 is 1.04 bits per heavy atom. The highest BCUT2D eigenvalue weighted by Gasteiger charge is 2.81. The molecule has 24 heavy (non-hydrogen) atoms. The van der Waals surface area contributed by atoms with Crippen LogP contribution in [0.2, 0.25) is 0 Å². The highest BCUT2D eigenvalue weighted by atomic mass is 19.4. The van der Waals surface area contributed by atoms with Gasteiger partial charge in [0.15, 0.2) is 0 Å². The van der Waals surface area contributed by atoms with Gasteiger partial charge in [-0.25, -0.2) is 0 Å². The molecule has 1 fully saturated rings. The lowest BCUT2D eigenvalue weighted by molar-refractivity contribution is -0.336. The number of hydrogen-bond acceptors (Lipinski definition) is 1. The molecule has 1 aromatic carbocycles. The number of amides is 1. The standard InChI is InChI=1S/C16H13F6NO/c1-9-2-4-10(5-3-9)13(24)23-12-7-6-11(8-12)14(23,15(17,18)19)16(20,21)22/h2-7,11-12H,8H2,1H3/t11-,12-/m0/s1. The fourth-order valence-electron chi connectivity index (χ4n) is 3.62. The minimum absolute atomic E-state index is 0.0255. The molecule has 0 N–H and O–H groups in total. The van der Waals surface area contributed by atoms with Gasteiger partial charge in [0.25, 0.3) is 5.91 Å². The monoisotopic (exact) mass is 349 g/mol. The summed E-state index contributed by atoms with van der Waals surface area (Å²) in [7, 11) is 0. The second-order valence-electron chi connectivity index (χ2n) is 6.10. The van der Waals surface area contributed by atoms with Crippen LogP contribution in [-0.2, 0) is 0 Å². The van der Waals surface area contributed by atoms with Crippen LogP contribution in [0.3, 0.4) is 0 Å². The molecule has 2 atom stereocenters. The molecule has 3 rings (SSSR count). The van der Waals surface area contributed by atoms with Gasteiger partial charge in [-0.05, 0) is 25.5 Å². The van der Waals surface area contributed by atoms with Gasteiger partial charge in [0.2, 0.25) is 5.54 Å². The molecule has 1 saturated heterocycles. The van der Waals surface area contributed by atoms with E-state index in [1.54, 1.807) is 6.92 Å². The van der Waals surface area contributed by atoms with Gasteiger partial charge in [0, 0.05) is 11.5 Å². The minimum Gasteiger partial charge on any atom is -0.309 e. The van der Waals surface area contributed by atoms with Crippen LogP contribution >= 0.6 is 0 Å². The van der Waals surface area contributed by atoms with Crippen molar-refractivity contribution >= 4 is 5.91 Å². The molecule has 1 aliphatic heterocycles. The van der Waals surface area contributed by atoms with E-state index in [0.29, 0.717) is 0 Å². The maximum absolute atomic E-state index is 13.6. The zero-order chi connectivity index (χ0) is 17.9. The number of carbonyl (C=O) groups is 1. The van der Waals surface area contributed by atoms with Crippen LogP contribution in [0.25, 0.3) is 0 Å². The predicted molar refractivity (Wildman–Crippen MR) is 73.2 cm³/mol. The molecular formula is C16H13F6NO. The fourth-order valence-corrected chi connectivity index (χ4v) is 3.62. The van der Waals surface area contributed by atoms with E-state index in [2.05, 4.69) is 0 Å². The van der Waals surface area contributed by atoms with Crippen LogP contribution in [0.4, 0.5) is 26.3 Å². The number of rotatable bonds is 1. The van der Waals surface area contributed by atoms with Crippen molar-refractivity contribution < 1.29 is 31.1 Å². The van der Waals surface area contributed by atoms with Crippen LogP contribution in [0.15, 0.2) is 36.4 Å². The molecule has 130 valence electrons. The van der Waals surface area contributed by atoms with Crippen molar-refractivity contribution in [2.75, 3.05) is 0 Å². The molecule has 2 nitrogen and oxygen atoms in total. The lowest BCUT2D eigenvalue weighted by atomic mass is 9.83. The van der Waals surface area contributed by atoms with Crippen molar-refractivity contribution in [1.82, 2.24) is 4.90 Å². The number of benzene rings is 1. The molecule has 1 aliphatic carbocycles. The lowest BCUT2D eigenvalue weighted by Crippen LogP contribution is -2.70. The first kappa shape index (κ1) is 16.9. The summed E-state index contributed by atoms with van der Waals surface area (Å²) in [5.74, 6) is -3.08. The molecule has 1 heterocycles. The number of aryl methyl sites for hydroxylation is 1. The highest BCUT2D eigenvalue weighted by molar-refractivity contribution is 5.96. The van der Waals surface area contributed by atoms with E-state index >= 15 is 0 Å². The third kappa shape index (κ3) is 2.08. The first-order chi connectivity index (χ1) is 11.0. The summed E-state index contributed by atoms with van der Waals surface area (Å²) in [4.78, 5) is 12.5. The van der Waals surface area contributed by atoms with Crippen molar-refractivity contribution in [3.8, 4) is 0 Å². The summed E-state index contributed by atoms with van der Waals surface area (Å²) in [5.41, 5.74) is -3.63. The van der Waals surface area contributed by atoms with Gasteiger partial charge in [-0.1, -0.05) is 29.8 Å². The van der Waals surface area contributed by atoms with Gasteiger partial charge in [0.1, 0.15) is 0 Å². The van der Waals surface area contributed by atoms with Gasteiger partial charge < -0.3 is 4.90 Å². The summed E-state index contributed by atoms with van der Waals surface area (Å²) in [6.07, 6.45) is -9.47. The Labute approximate surface area is 133 Å². The van der Waals surface area contributed by atoms with E-state index in [0.717, 1.165) is 11.6 Å². The fraction of sp³-hybridized carbons (Fsp3) is 0.438. The average Bonchev–Trinajstić information content (AvgIpc) is 3.04. The van der Waals surface area contributed by atoms with Crippen LogP contribution in [0.5, 0.6) is 0 Å². The zero-order valence-electron chi connectivity index (χ0n) is 12.4. The van der Waals surface area contributed by atoms with E-state index in [1.807, 2.05) is 0 Å². The summed E-state index contributed by atoms with van der Waals surface area (Å²) in [6.45, 7) is 1.70. The van der Waals surface area contributed by atoms with Crippen LogP contribution < -0.4 is 0 Å². The third-order valence-corrected chi connectivity index (χ3v) is 4.69. The van der Waals surface area contributed by atoms with Gasteiger partial charge in [0.05, 0.1) is 6.04 Å². The smallest absolute Gasteiger partial charge is 0.309 e. The maximum Gasteiger partial charge on any atom is 0.421 e. The molecule has 1 aromatic rings. The van der Waals surface area contributed by atoms with Crippen molar-refractivity contribution in [2.24, 2.45) is 5.92 Å². The number of fused-ring (bicyclic) bond motifs is 2. The van der Waals surface area contributed by atoms with Crippen molar-refractivity contribution in [3.63, 3.8) is 0 Å². The molecule has 2 aliphatic rings. The topological polar surface area (TPSA) is 20.3 Å². The highest BCUT2D eigenvalue weighted by Crippen LogP contribution is 2.60. The molecule has 8 heteroatoms. The number of nitrogens with zero attached hydrogens (tertiary/aromatic N) is 1. The minimum atomic E-state index is -5.63. The van der Waals surface area contributed by atoms with Crippen LogP contribution in [0.1, 0.15) is 22.3 Å². The summed E-state index contributed by atoms with van der Waals surface area (Å²) in [5, 5.41) is 0. The quantitative estimate of drug-likeness (QED) is 0.548. The SMILES string of the molecule is Cc1ccc(C(=O)N2[C@H]3C=C[C@@H](C3)C2(C(F)(F)F)C(F)(F)F)cc1. The first-order valence-corrected chi connectivity index (χ1v) is 7.22. The van der Waals surface area contributed by atoms with E-state index < -0.39 is 35.8 Å². The van der Waals surface area contributed by atoms with E-state index in [1.165, 1.54) is 30.3 Å². The van der Waals surface area contributed by atoms with Crippen molar-refractivity contribution in [1.29, 1.82) is 0 Å². The number of halogens is 6. The van der Waals surface area contributed by atoms with Gasteiger partial charge in [-0.2, -0.15) is 26.3 Å².